The average Bonchev–Trinajstić information content (AvgIpc) is 2.73. The number of sulfone groups is 1. The van der Waals surface area contributed by atoms with Crippen LogP contribution >= 0.6 is 12.0 Å². The second-order valence-corrected chi connectivity index (χ2v) is 8.51. The van der Waals surface area contributed by atoms with Crippen molar-refractivity contribution in [3.05, 3.63) is 59.5 Å². The van der Waals surface area contributed by atoms with E-state index < -0.39 is 26.6 Å². The second kappa shape index (κ2) is 7.05. The Morgan fingerprint density at radius 1 is 1.32 bits per heavy atom. The summed E-state index contributed by atoms with van der Waals surface area (Å²) in [7, 11) is -3.34. The fraction of sp³-hybridized carbons (Fsp3) is 0.235. The number of carbonyl (C=O) groups is 1. The number of allylic oxidation sites excluding steroid dienone is 2. The smallest absolute Gasteiger partial charge is 0.376 e. The van der Waals surface area contributed by atoms with Gasteiger partial charge in [0.15, 0.2) is 15.0 Å². The molecule has 1 aromatic rings. The highest BCUT2D eigenvalue weighted by Gasteiger charge is 2.43. The van der Waals surface area contributed by atoms with Crippen molar-refractivity contribution in [2.45, 2.75) is 24.3 Å². The molecule has 0 atom stereocenters. The lowest BCUT2D eigenvalue weighted by Crippen LogP contribution is -2.22. The average molecular weight is 384 g/mol. The van der Waals surface area contributed by atoms with E-state index in [1.165, 1.54) is 18.2 Å². The summed E-state index contributed by atoms with van der Waals surface area (Å²) in [6.45, 7) is 6.71. The van der Waals surface area contributed by atoms with E-state index in [-0.39, 0.29) is 10.7 Å². The maximum atomic E-state index is 13.5. The van der Waals surface area contributed by atoms with E-state index in [4.69, 9.17) is 8.92 Å². The minimum atomic E-state index is -3.34. The third-order valence-electron chi connectivity index (χ3n) is 3.39. The van der Waals surface area contributed by atoms with Gasteiger partial charge in [-0.15, -0.1) is 0 Å². The molecule has 1 aliphatic rings. The minimum Gasteiger partial charge on any atom is -0.449 e. The molecule has 5 nitrogen and oxygen atoms in total. The second-order valence-electron chi connectivity index (χ2n) is 5.77. The number of hydrogen-bond acceptors (Lipinski definition) is 6. The van der Waals surface area contributed by atoms with Gasteiger partial charge in [-0.2, -0.15) is 4.39 Å². The Labute approximate surface area is 150 Å². The molecule has 0 saturated carbocycles. The summed E-state index contributed by atoms with van der Waals surface area (Å²) in [6.07, 6.45) is 3.45. The summed E-state index contributed by atoms with van der Waals surface area (Å²) >= 11 is 0.377. The molecule has 1 aromatic carbocycles. The number of ether oxygens (including phenoxy) is 1. The largest absolute Gasteiger partial charge is 0.449 e. The zero-order valence-electron chi connectivity index (χ0n) is 13.9. The Morgan fingerprint density at radius 3 is 2.44 bits per heavy atom. The van der Waals surface area contributed by atoms with Gasteiger partial charge in [-0.3, -0.25) is 0 Å². The highest BCUT2D eigenvalue weighted by atomic mass is 32.2. The van der Waals surface area contributed by atoms with Crippen LogP contribution in [0.1, 0.15) is 19.4 Å². The fourth-order valence-electron chi connectivity index (χ4n) is 2.33. The quantitative estimate of drug-likeness (QED) is 0.422. The molecule has 0 unspecified atom stereocenters. The molecular weight excluding hydrogens is 367 g/mol. The topological polar surface area (TPSA) is 69.7 Å². The molecular formula is C17H17FO5S2. The fourth-order valence-corrected chi connectivity index (χ4v) is 3.43. The highest BCUT2D eigenvalue weighted by Crippen LogP contribution is 2.42. The predicted octanol–water partition coefficient (Wildman–Crippen LogP) is 3.80. The van der Waals surface area contributed by atoms with Crippen molar-refractivity contribution in [3.8, 4) is 0 Å². The third-order valence-corrected chi connectivity index (χ3v) is 5.06. The molecule has 0 aromatic heterocycles. The van der Waals surface area contributed by atoms with E-state index in [9.17, 15) is 17.6 Å². The van der Waals surface area contributed by atoms with Crippen molar-refractivity contribution in [3.63, 3.8) is 0 Å². The molecule has 0 N–H and O–H groups in total. The van der Waals surface area contributed by atoms with Crippen LogP contribution in [0.5, 0.6) is 0 Å². The van der Waals surface area contributed by atoms with Gasteiger partial charge in [0.1, 0.15) is 17.6 Å². The number of cyclic esters (lactones) is 1. The van der Waals surface area contributed by atoms with Crippen molar-refractivity contribution in [2.24, 2.45) is 0 Å². The summed E-state index contributed by atoms with van der Waals surface area (Å²) in [5.41, 5.74) is -0.0403. The SMILES string of the molecule is C=C/C=C(/F)SOC1=C(c2ccc(S(C)(=O)=O)cc2)C(C)(C)OC1=O. The monoisotopic (exact) mass is 384 g/mol. The van der Waals surface area contributed by atoms with Gasteiger partial charge in [-0.05, 0) is 37.6 Å². The Balaban J connectivity index is 2.45. The summed E-state index contributed by atoms with van der Waals surface area (Å²) in [5, 5.41) is -0.674. The normalized spacial score (nSPS) is 17.4. The van der Waals surface area contributed by atoms with Crippen molar-refractivity contribution < 1.29 is 26.5 Å². The standard InChI is InChI=1S/C17H17FO5S2/c1-5-6-13(18)24-23-15-14(17(2,3)22-16(15)19)11-7-9-12(10-8-11)25(4,20)21/h5-10H,1H2,2-4H3/b13-6-. The number of benzene rings is 1. The molecule has 1 aliphatic heterocycles. The van der Waals surface area contributed by atoms with E-state index in [0.29, 0.717) is 23.2 Å². The van der Waals surface area contributed by atoms with Gasteiger partial charge in [0.25, 0.3) is 0 Å². The Morgan fingerprint density at radius 2 is 1.92 bits per heavy atom. The molecule has 134 valence electrons. The van der Waals surface area contributed by atoms with Crippen LogP contribution in [0.3, 0.4) is 0 Å². The lowest BCUT2D eigenvalue weighted by atomic mass is 9.92. The van der Waals surface area contributed by atoms with Crippen LogP contribution in [-0.4, -0.2) is 26.2 Å². The molecule has 0 fully saturated rings. The Bertz CT molecular complexity index is 865. The summed E-state index contributed by atoms with van der Waals surface area (Å²) < 4.78 is 47.2. The van der Waals surface area contributed by atoms with Gasteiger partial charge in [-0.1, -0.05) is 24.8 Å². The lowest BCUT2D eigenvalue weighted by Gasteiger charge is -2.21. The molecule has 0 radical (unpaired) electrons. The maximum absolute atomic E-state index is 13.5. The van der Waals surface area contributed by atoms with Crippen LogP contribution in [-0.2, 0) is 23.6 Å². The zero-order valence-corrected chi connectivity index (χ0v) is 15.5. The molecule has 8 heteroatoms. The number of halogens is 1. The van der Waals surface area contributed by atoms with Crippen molar-refractivity contribution in [1.82, 2.24) is 0 Å². The van der Waals surface area contributed by atoms with Crippen LogP contribution in [0.15, 0.2) is 58.8 Å². The van der Waals surface area contributed by atoms with Gasteiger partial charge in [-0.25, -0.2) is 13.2 Å². The van der Waals surface area contributed by atoms with E-state index in [2.05, 4.69) is 6.58 Å². The van der Waals surface area contributed by atoms with Crippen molar-refractivity contribution in [1.29, 1.82) is 0 Å². The maximum Gasteiger partial charge on any atom is 0.376 e. The molecule has 25 heavy (non-hydrogen) atoms. The Kier molecular flexibility index (Phi) is 5.43. The van der Waals surface area contributed by atoms with Gasteiger partial charge in [0, 0.05) is 6.26 Å². The van der Waals surface area contributed by atoms with Gasteiger partial charge < -0.3 is 8.92 Å². The molecule has 2 rings (SSSR count). The summed E-state index contributed by atoms with van der Waals surface area (Å²) in [6, 6.07) is 5.97. The van der Waals surface area contributed by atoms with E-state index in [1.54, 1.807) is 26.0 Å². The first kappa shape index (κ1) is 19.3. The van der Waals surface area contributed by atoms with Crippen LogP contribution in [0.4, 0.5) is 4.39 Å². The first-order valence-electron chi connectivity index (χ1n) is 7.17. The third kappa shape index (κ3) is 4.32. The van der Waals surface area contributed by atoms with Crippen LogP contribution in [0.25, 0.3) is 5.57 Å². The zero-order chi connectivity index (χ0) is 18.8. The van der Waals surface area contributed by atoms with Crippen LogP contribution < -0.4 is 0 Å². The van der Waals surface area contributed by atoms with Crippen molar-refractivity contribution >= 4 is 33.4 Å². The minimum absolute atomic E-state index is 0.130. The first-order chi connectivity index (χ1) is 11.6. The predicted molar refractivity (Wildman–Crippen MR) is 94.7 cm³/mol. The summed E-state index contributed by atoms with van der Waals surface area (Å²) in [5.74, 6) is -0.846. The van der Waals surface area contributed by atoms with Gasteiger partial charge in [0.2, 0.25) is 5.76 Å². The number of rotatable bonds is 6. The molecule has 0 spiro atoms. The summed E-state index contributed by atoms with van der Waals surface area (Å²) in [4.78, 5) is 12.2. The first-order valence-corrected chi connectivity index (χ1v) is 9.81. The van der Waals surface area contributed by atoms with E-state index >= 15 is 0 Å². The van der Waals surface area contributed by atoms with Crippen LogP contribution in [0, 0.1) is 0 Å². The van der Waals surface area contributed by atoms with E-state index in [1.807, 2.05) is 0 Å². The molecule has 0 aliphatic carbocycles. The van der Waals surface area contributed by atoms with Gasteiger partial charge in [0.05, 0.1) is 10.5 Å². The number of hydrogen-bond donors (Lipinski definition) is 0. The molecule has 0 bridgehead atoms. The highest BCUT2D eigenvalue weighted by molar-refractivity contribution is 7.98. The molecule has 0 amide bonds. The van der Waals surface area contributed by atoms with Gasteiger partial charge >= 0.3 is 5.97 Å². The Hall–Kier alpha value is -2.06. The number of carbonyl (C=O) groups excluding carboxylic acids is 1. The lowest BCUT2D eigenvalue weighted by molar-refractivity contribution is -0.145. The molecule has 1 heterocycles. The van der Waals surface area contributed by atoms with Crippen LogP contribution in [0.2, 0.25) is 0 Å². The van der Waals surface area contributed by atoms with Crippen molar-refractivity contribution in [2.75, 3.05) is 6.26 Å². The molecule has 0 saturated heterocycles. The van der Waals surface area contributed by atoms with E-state index in [0.717, 1.165) is 12.3 Å². The number of esters is 1.